The molecule has 0 aliphatic rings. The minimum Gasteiger partial charge on any atom is -0.508 e. The molecule has 7 nitrogen and oxygen atoms in total. The smallest absolute Gasteiger partial charge is 0.332 e. The van der Waals surface area contributed by atoms with Gasteiger partial charge in [0.25, 0.3) is 0 Å². The molecular formula is C17H20Cl2N2O5. The predicted molar refractivity (Wildman–Crippen MR) is 101 cm³/mol. The van der Waals surface area contributed by atoms with Crippen molar-refractivity contribution < 1.29 is 24.2 Å². The van der Waals surface area contributed by atoms with Gasteiger partial charge in [-0.05, 0) is 35.4 Å². The zero-order valence-electron chi connectivity index (χ0n) is 13.8. The molecule has 0 saturated heterocycles. The molecule has 0 fully saturated rings. The van der Waals surface area contributed by atoms with Gasteiger partial charge in [-0.2, -0.15) is 0 Å². The summed E-state index contributed by atoms with van der Waals surface area (Å²) in [5.74, 6) is -0.855. The number of carbonyl (C=O) groups is 2. The maximum atomic E-state index is 12.1. The summed E-state index contributed by atoms with van der Waals surface area (Å²) < 4.78 is 9.77. The first-order chi connectivity index (χ1) is 11.4. The Hall–Kier alpha value is -2.32. The van der Waals surface area contributed by atoms with Crippen molar-refractivity contribution in [2.45, 2.75) is 12.1 Å². The first-order valence-electron chi connectivity index (χ1n) is 7.12. The van der Waals surface area contributed by atoms with Gasteiger partial charge in [0.15, 0.2) is 0 Å². The zero-order valence-corrected chi connectivity index (χ0v) is 15.5. The normalized spacial score (nSPS) is 12.0. The van der Waals surface area contributed by atoms with Gasteiger partial charge in [0, 0.05) is 0 Å². The summed E-state index contributed by atoms with van der Waals surface area (Å²) in [6.07, 6.45) is 0. The molecule has 2 aromatic rings. The number of nitrogens with two attached hydrogens (primary N) is 2. The topological polar surface area (TPSA) is 125 Å². The van der Waals surface area contributed by atoms with Crippen LogP contribution in [0, 0.1) is 0 Å². The summed E-state index contributed by atoms with van der Waals surface area (Å²) in [5, 5.41) is 9.24. The number of benzene rings is 2. The van der Waals surface area contributed by atoms with E-state index in [4.69, 9.17) is 16.2 Å². The van der Waals surface area contributed by atoms with Crippen LogP contribution in [-0.2, 0) is 14.3 Å². The summed E-state index contributed by atoms with van der Waals surface area (Å²) in [7, 11) is 1.25. The summed E-state index contributed by atoms with van der Waals surface area (Å²) in [6, 6.07) is 10.2. The van der Waals surface area contributed by atoms with Gasteiger partial charge >= 0.3 is 11.9 Å². The number of halogens is 2. The van der Waals surface area contributed by atoms with Crippen LogP contribution in [0.3, 0.4) is 0 Å². The van der Waals surface area contributed by atoms with E-state index in [9.17, 15) is 14.7 Å². The molecule has 0 amide bonds. The Labute approximate surface area is 163 Å². The Morgan fingerprint density at radius 3 is 1.73 bits per heavy atom. The van der Waals surface area contributed by atoms with Gasteiger partial charge in [0.1, 0.15) is 23.6 Å². The monoisotopic (exact) mass is 402 g/mol. The van der Waals surface area contributed by atoms with Gasteiger partial charge in [0.05, 0.1) is 7.11 Å². The van der Waals surface area contributed by atoms with Crippen LogP contribution in [-0.4, -0.2) is 24.2 Å². The van der Waals surface area contributed by atoms with Gasteiger partial charge in [0.2, 0.25) is 0 Å². The number of phenolic OH excluding ortho intramolecular Hbond substituents is 1. The highest BCUT2D eigenvalue weighted by Crippen LogP contribution is 2.20. The molecule has 0 aliphatic carbocycles. The number of hydrogen-bond acceptors (Lipinski definition) is 7. The number of methoxy groups -OCH3 is 1. The van der Waals surface area contributed by atoms with Gasteiger partial charge < -0.3 is 26.0 Å². The van der Waals surface area contributed by atoms with E-state index in [0.717, 1.165) is 0 Å². The fourth-order valence-corrected chi connectivity index (χ4v) is 2.00. The molecule has 26 heavy (non-hydrogen) atoms. The molecule has 0 unspecified atom stereocenters. The Kier molecular flexibility index (Phi) is 9.67. The molecular weight excluding hydrogens is 383 g/mol. The Bertz CT molecular complexity index is 723. The number of rotatable bonds is 5. The highest BCUT2D eigenvalue weighted by molar-refractivity contribution is 5.85. The van der Waals surface area contributed by atoms with E-state index in [1.807, 2.05) is 0 Å². The first-order valence-corrected chi connectivity index (χ1v) is 7.12. The molecule has 0 aliphatic heterocycles. The number of aromatic hydroxyl groups is 1. The first kappa shape index (κ1) is 23.7. The van der Waals surface area contributed by atoms with Crippen LogP contribution < -0.4 is 16.2 Å². The van der Waals surface area contributed by atoms with E-state index in [1.54, 1.807) is 24.3 Å². The fourth-order valence-electron chi connectivity index (χ4n) is 2.00. The van der Waals surface area contributed by atoms with Crippen molar-refractivity contribution in [3.05, 3.63) is 59.7 Å². The minimum absolute atomic E-state index is 0. The lowest BCUT2D eigenvalue weighted by atomic mass is 10.1. The lowest BCUT2D eigenvalue weighted by Crippen LogP contribution is -2.26. The molecule has 5 N–H and O–H groups in total. The third-order valence-electron chi connectivity index (χ3n) is 3.42. The van der Waals surface area contributed by atoms with Crippen molar-refractivity contribution >= 4 is 36.8 Å². The highest BCUT2D eigenvalue weighted by atomic mass is 35.5. The summed E-state index contributed by atoms with van der Waals surface area (Å²) in [6.45, 7) is 0. The molecule has 2 aromatic carbocycles. The Balaban J connectivity index is 0.00000312. The van der Waals surface area contributed by atoms with Gasteiger partial charge in [-0.1, -0.05) is 24.3 Å². The average Bonchev–Trinajstić information content (AvgIpc) is 2.61. The Morgan fingerprint density at radius 2 is 1.27 bits per heavy atom. The summed E-state index contributed by atoms with van der Waals surface area (Å²) in [4.78, 5) is 23.4. The maximum absolute atomic E-state index is 12.1. The second-order valence-electron chi connectivity index (χ2n) is 5.06. The number of phenols is 1. The van der Waals surface area contributed by atoms with Crippen molar-refractivity contribution in [3.63, 3.8) is 0 Å². The third-order valence-corrected chi connectivity index (χ3v) is 3.42. The van der Waals surface area contributed by atoms with E-state index >= 15 is 0 Å². The fraction of sp³-hybridized carbons (Fsp3) is 0.176. The molecule has 0 heterocycles. The molecule has 2 rings (SSSR count). The second-order valence-corrected chi connectivity index (χ2v) is 5.06. The predicted octanol–water partition coefficient (Wildman–Crippen LogP) is 2.01. The van der Waals surface area contributed by atoms with Gasteiger partial charge in [-0.25, -0.2) is 4.79 Å². The quantitative estimate of drug-likeness (QED) is 0.515. The Morgan fingerprint density at radius 1 is 0.846 bits per heavy atom. The van der Waals surface area contributed by atoms with Gasteiger partial charge in [-0.3, -0.25) is 4.79 Å². The molecule has 0 spiro atoms. The molecule has 9 heteroatoms. The molecule has 142 valence electrons. The van der Waals surface area contributed by atoms with Gasteiger partial charge in [-0.15, -0.1) is 24.8 Å². The van der Waals surface area contributed by atoms with E-state index in [0.29, 0.717) is 11.1 Å². The third kappa shape index (κ3) is 5.89. The van der Waals surface area contributed by atoms with Crippen LogP contribution in [0.1, 0.15) is 23.2 Å². The molecule has 0 radical (unpaired) electrons. The number of ether oxygens (including phenoxy) is 2. The zero-order chi connectivity index (χ0) is 17.7. The van der Waals surface area contributed by atoms with E-state index < -0.39 is 24.0 Å². The lowest BCUT2D eigenvalue weighted by Gasteiger charge is -2.13. The summed E-state index contributed by atoms with van der Waals surface area (Å²) >= 11 is 0. The van der Waals surface area contributed by atoms with Crippen LogP contribution in [0.25, 0.3) is 0 Å². The number of hydrogen-bond donors (Lipinski definition) is 3. The van der Waals surface area contributed by atoms with Crippen LogP contribution >= 0.6 is 24.8 Å². The summed E-state index contributed by atoms with van der Waals surface area (Å²) in [5.41, 5.74) is 12.6. The van der Waals surface area contributed by atoms with Crippen molar-refractivity contribution in [3.8, 4) is 11.5 Å². The van der Waals surface area contributed by atoms with Crippen LogP contribution in [0.15, 0.2) is 48.5 Å². The molecule has 0 aromatic heterocycles. The van der Waals surface area contributed by atoms with Crippen LogP contribution in [0.2, 0.25) is 0 Å². The van der Waals surface area contributed by atoms with Crippen LogP contribution in [0.5, 0.6) is 11.5 Å². The van der Waals surface area contributed by atoms with E-state index in [1.165, 1.54) is 31.4 Å². The van der Waals surface area contributed by atoms with Crippen molar-refractivity contribution in [2.75, 3.05) is 7.11 Å². The van der Waals surface area contributed by atoms with Crippen molar-refractivity contribution in [1.29, 1.82) is 0 Å². The largest absolute Gasteiger partial charge is 0.508 e. The maximum Gasteiger partial charge on any atom is 0.332 e. The van der Waals surface area contributed by atoms with Crippen molar-refractivity contribution in [2.24, 2.45) is 11.5 Å². The number of esters is 2. The molecule has 0 bridgehead atoms. The molecule has 2 atom stereocenters. The SMILES string of the molecule is COC(=O)[C@H](N)c1ccc(OC(=O)[C@H](N)c2ccc(O)cc2)cc1.Cl.Cl. The average molecular weight is 403 g/mol. The molecule has 0 saturated carbocycles. The van der Waals surface area contributed by atoms with Crippen LogP contribution in [0.4, 0.5) is 0 Å². The second kappa shape index (κ2) is 10.6. The standard InChI is InChI=1S/C17H18N2O5.2ClH/c1-23-16(21)14(18)11-4-8-13(9-5-11)24-17(22)15(19)10-2-6-12(20)7-3-10;;/h2-9,14-15,20H,18-19H2,1H3;2*1H/t14-,15-;;/m1../s1. The minimum atomic E-state index is -0.984. The highest BCUT2D eigenvalue weighted by Gasteiger charge is 2.19. The number of carbonyl (C=O) groups excluding carboxylic acids is 2. The van der Waals surface area contributed by atoms with Crippen molar-refractivity contribution in [1.82, 2.24) is 0 Å². The van der Waals surface area contributed by atoms with E-state index in [-0.39, 0.29) is 36.3 Å². The lowest BCUT2D eigenvalue weighted by molar-refractivity contribution is -0.142. The van der Waals surface area contributed by atoms with E-state index in [2.05, 4.69) is 4.74 Å².